The van der Waals surface area contributed by atoms with Crippen LogP contribution in [0.4, 0.5) is 18.9 Å². The van der Waals surface area contributed by atoms with Gasteiger partial charge in [0, 0.05) is 16.7 Å². The number of amides is 1. The van der Waals surface area contributed by atoms with Crippen LogP contribution in [0.1, 0.15) is 5.56 Å². The lowest BCUT2D eigenvalue weighted by Crippen LogP contribution is -2.16. The minimum atomic E-state index is -0.778. The molecule has 0 fully saturated rings. The van der Waals surface area contributed by atoms with E-state index in [1.165, 1.54) is 12.1 Å². The Morgan fingerprint density at radius 3 is 2.55 bits per heavy atom. The van der Waals surface area contributed by atoms with E-state index < -0.39 is 23.4 Å². The third-order valence-electron chi connectivity index (χ3n) is 2.60. The number of halogens is 4. The molecule has 2 nitrogen and oxygen atoms in total. The fourth-order valence-electron chi connectivity index (χ4n) is 1.65. The zero-order chi connectivity index (χ0) is 14.7. The lowest BCUT2D eigenvalue weighted by molar-refractivity contribution is -0.115. The molecule has 2 aromatic rings. The Hall–Kier alpha value is -2.01. The van der Waals surface area contributed by atoms with Gasteiger partial charge in [0.15, 0.2) is 0 Å². The fourth-order valence-corrected chi connectivity index (χ4v) is 1.88. The largest absolute Gasteiger partial charge is 0.323 e. The molecule has 2 rings (SSSR count). The summed E-state index contributed by atoms with van der Waals surface area (Å²) < 4.78 is 39.8. The number of hydrogen-bond acceptors (Lipinski definition) is 1. The molecule has 0 saturated carbocycles. The molecule has 0 unspecified atom stereocenters. The van der Waals surface area contributed by atoms with Crippen molar-refractivity contribution in [2.45, 2.75) is 6.42 Å². The first-order valence-electron chi connectivity index (χ1n) is 5.65. The highest BCUT2D eigenvalue weighted by Crippen LogP contribution is 2.21. The number of hydrogen-bond donors (Lipinski definition) is 1. The van der Waals surface area contributed by atoms with Crippen molar-refractivity contribution in [3.05, 3.63) is 64.4 Å². The number of benzene rings is 2. The summed E-state index contributed by atoms with van der Waals surface area (Å²) in [7, 11) is 0. The van der Waals surface area contributed by atoms with Crippen molar-refractivity contribution in [1.82, 2.24) is 0 Å². The van der Waals surface area contributed by atoms with Gasteiger partial charge in [-0.2, -0.15) is 0 Å². The highest BCUT2D eigenvalue weighted by Gasteiger charge is 2.13. The first kappa shape index (κ1) is 14.4. The van der Waals surface area contributed by atoms with E-state index in [0.29, 0.717) is 0 Å². The summed E-state index contributed by atoms with van der Waals surface area (Å²) in [6.45, 7) is 0. The molecule has 0 bridgehead atoms. The van der Waals surface area contributed by atoms with Gasteiger partial charge in [-0.1, -0.05) is 17.7 Å². The zero-order valence-electron chi connectivity index (χ0n) is 10.1. The summed E-state index contributed by atoms with van der Waals surface area (Å²) in [5, 5.41) is 2.27. The zero-order valence-corrected chi connectivity index (χ0v) is 10.8. The van der Waals surface area contributed by atoms with Crippen molar-refractivity contribution in [2.24, 2.45) is 0 Å². The lowest BCUT2D eigenvalue weighted by atomic mass is 10.1. The van der Waals surface area contributed by atoms with Crippen LogP contribution < -0.4 is 5.32 Å². The standard InChI is InChI=1S/C14H9ClF3NO/c15-10-2-1-3-11(17)9(10)7-14(20)19-13-6-8(16)4-5-12(13)18/h1-6H,7H2,(H,19,20). The molecule has 20 heavy (non-hydrogen) atoms. The Bertz CT molecular complexity index is 641. The predicted octanol–water partition coefficient (Wildman–Crippen LogP) is 3.94. The summed E-state index contributed by atoms with van der Waals surface area (Å²) >= 11 is 5.78. The second kappa shape index (κ2) is 5.96. The summed E-state index contributed by atoms with van der Waals surface area (Å²) in [5.41, 5.74) is -0.300. The normalized spacial score (nSPS) is 10.4. The molecular weight excluding hydrogens is 291 g/mol. The van der Waals surface area contributed by atoms with Gasteiger partial charge in [-0.15, -0.1) is 0 Å². The van der Waals surface area contributed by atoms with E-state index in [2.05, 4.69) is 5.32 Å². The maximum Gasteiger partial charge on any atom is 0.229 e. The van der Waals surface area contributed by atoms with Gasteiger partial charge in [0.05, 0.1) is 12.1 Å². The van der Waals surface area contributed by atoms with Crippen molar-refractivity contribution < 1.29 is 18.0 Å². The Morgan fingerprint density at radius 1 is 1.10 bits per heavy atom. The average Bonchev–Trinajstić information content (AvgIpc) is 2.38. The van der Waals surface area contributed by atoms with E-state index in [1.807, 2.05) is 0 Å². The number of carbonyl (C=O) groups is 1. The van der Waals surface area contributed by atoms with Gasteiger partial charge >= 0.3 is 0 Å². The first-order valence-corrected chi connectivity index (χ1v) is 6.03. The van der Waals surface area contributed by atoms with E-state index in [4.69, 9.17) is 11.6 Å². The summed E-state index contributed by atoms with van der Waals surface area (Å²) in [5.74, 6) is -2.79. The lowest BCUT2D eigenvalue weighted by Gasteiger charge is -2.08. The molecule has 0 atom stereocenters. The van der Waals surface area contributed by atoms with Gasteiger partial charge in [0.25, 0.3) is 0 Å². The van der Waals surface area contributed by atoms with Gasteiger partial charge in [-0.25, -0.2) is 13.2 Å². The molecule has 0 aromatic heterocycles. The maximum atomic E-state index is 13.5. The van der Waals surface area contributed by atoms with Crippen LogP contribution in [0.25, 0.3) is 0 Å². The van der Waals surface area contributed by atoms with Crippen molar-refractivity contribution >= 4 is 23.2 Å². The SMILES string of the molecule is O=C(Cc1c(F)cccc1Cl)Nc1cc(F)ccc1F. The number of nitrogens with one attached hydrogen (secondary N) is 1. The summed E-state index contributed by atoms with van der Waals surface area (Å²) in [6, 6.07) is 6.68. The second-order valence-electron chi connectivity index (χ2n) is 4.05. The molecule has 0 aliphatic carbocycles. The molecule has 104 valence electrons. The minimum absolute atomic E-state index is 0.00322. The van der Waals surface area contributed by atoms with Gasteiger partial charge in [-0.3, -0.25) is 4.79 Å². The van der Waals surface area contributed by atoms with Crippen LogP contribution in [0.5, 0.6) is 0 Å². The number of anilines is 1. The van der Waals surface area contributed by atoms with Crippen molar-refractivity contribution in [3.63, 3.8) is 0 Å². The van der Waals surface area contributed by atoms with Crippen molar-refractivity contribution in [1.29, 1.82) is 0 Å². The van der Waals surface area contributed by atoms with E-state index in [0.717, 1.165) is 24.3 Å². The van der Waals surface area contributed by atoms with Gasteiger partial charge in [0.2, 0.25) is 5.91 Å². The topological polar surface area (TPSA) is 29.1 Å². The van der Waals surface area contributed by atoms with E-state index in [-0.39, 0.29) is 22.7 Å². The first-order chi connectivity index (χ1) is 9.47. The van der Waals surface area contributed by atoms with Crippen LogP contribution in [0.2, 0.25) is 5.02 Å². The Labute approximate surface area is 118 Å². The second-order valence-corrected chi connectivity index (χ2v) is 4.46. The Kier molecular flexibility index (Phi) is 4.29. The number of rotatable bonds is 3. The monoisotopic (exact) mass is 299 g/mol. The highest BCUT2D eigenvalue weighted by atomic mass is 35.5. The molecule has 6 heteroatoms. The smallest absolute Gasteiger partial charge is 0.229 e. The third-order valence-corrected chi connectivity index (χ3v) is 2.96. The van der Waals surface area contributed by atoms with Crippen molar-refractivity contribution in [2.75, 3.05) is 5.32 Å². The van der Waals surface area contributed by atoms with E-state index in [9.17, 15) is 18.0 Å². The van der Waals surface area contributed by atoms with Crippen LogP contribution >= 0.6 is 11.6 Å². The molecule has 1 amide bonds. The molecule has 2 aromatic carbocycles. The van der Waals surface area contributed by atoms with Crippen molar-refractivity contribution in [3.8, 4) is 0 Å². The fraction of sp³-hybridized carbons (Fsp3) is 0.0714. The molecule has 0 spiro atoms. The van der Waals surface area contributed by atoms with E-state index in [1.54, 1.807) is 0 Å². The predicted molar refractivity (Wildman–Crippen MR) is 70.1 cm³/mol. The Balaban J connectivity index is 2.15. The molecule has 0 saturated heterocycles. The maximum absolute atomic E-state index is 13.5. The molecule has 0 aliphatic rings. The van der Waals surface area contributed by atoms with Crippen LogP contribution in [0.15, 0.2) is 36.4 Å². The highest BCUT2D eigenvalue weighted by molar-refractivity contribution is 6.31. The molecule has 0 aliphatic heterocycles. The quantitative estimate of drug-likeness (QED) is 0.914. The minimum Gasteiger partial charge on any atom is -0.323 e. The molecule has 1 N–H and O–H groups in total. The van der Waals surface area contributed by atoms with Crippen LogP contribution in [0, 0.1) is 17.5 Å². The van der Waals surface area contributed by atoms with Gasteiger partial charge in [-0.05, 0) is 24.3 Å². The van der Waals surface area contributed by atoms with Gasteiger partial charge in [0.1, 0.15) is 17.5 Å². The summed E-state index contributed by atoms with van der Waals surface area (Å²) in [4.78, 5) is 11.7. The van der Waals surface area contributed by atoms with E-state index >= 15 is 0 Å². The third kappa shape index (κ3) is 3.30. The molecule has 0 heterocycles. The van der Waals surface area contributed by atoms with Crippen LogP contribution in [-0.4, -0.2) is 5.91 Å². The Morgan fingerprint density at radius 2 is 1.85 bits per heavy atom. The van der Waals surface area contributed by atoms with Gasteiger partial charge < -0.3 is 5.32 Å². The summed E-state index contributed by atoms with van der Waals surface area (Å²) in [6.07, 6.45) is -0.374. The molecular formula is C14H9ClF3NO. The number of carbonyl (C=O) groups excluding carboxylic acids is 1. The molecule has 0 radical (unpaired) electrons. The average molecular weight is 300 g/mol. The van der Waals surface area contributed by atoms with Crippen LogP contribution in [-0.2, 0) is 11.2 Å². The van der Waals surface area contributed by atoms with Crippen LogP contribution in [0.3, 0.4) is 0 Å².